The molecule has 104 valence electrons. The lowest BCUT2D eigenvalue weighted by Gasteiger charge is -2.09. The second-order valence-corrected chi connectivity index (χ2v) is 4.27. The van der Waals surface area contributed by atoms with Gasteiger partial charge in [-0.15, -0.1) is 0 Å². The van der Waals surface area contributed by atoms with Crippen molar-refractivity contribution in [3.05, 3.63) is 71.3 Å². The Morgan fingerprint density at radius 1 is 1.19 bits per heavy atom. The molecule has 2 aromatic carbocycles. The molecule has 0 saturated carbocycles. The Hall–Kier alpha value is -3.06. The molecule has 0 amide bonds. The normalized spacial score (nSPS) is 10.2. The Morgan fingerprint density at radius 2 is 1.90 bits per heavy atom. The van der Waals surface area contributed by atoms with Gasteiger partial charge in [0.1, 0.15) is 18.4 Å². The van der Waals surface area contributed by atoms with Gasteiger partial charge in [0.05, 0.1) is 5.56 Å². The minimum atomic E-state index is -0.999. The van der Waals surface area contributed by atoms with E-state index in [1.54, 1.807) is 24.3 Å². The van der Waals surface area contributed by atoms with E-state index in [4.69, 9.17) is 15.1 Å². The molecular formula is C17H13NO3. The van der Waals surface area contributed by atoms with Crippen molar-refractivity contribution in [2.45, 2.75) is 6.61 Å². The Balaban J connectivity index is 2.17. The zero-order valence-corrected chi connectivity index (χ0v) is 11.2. The number of para-hydroxylation sites is 1. The van der Waals surface area contributed by atoms with Crippen LogP contribution in [0.25, 0.3) is 6.08 Å². The second-order valence-electron chi connectivity index (χ2n) is 4.27. The van der Waals surface area contributed by atoms with Crippen molar-refractivity contribution in [2.24, 2.45) is 0 Å². The summed E-state index contributed by atoms with van der Waals surface area (Å²) in [4.78, 5) is 10.6. The first-order valence-corrected chi connectivity index (χ1v) is 6.31. The number of hydrogen-bond acceptors (Lipinski definition) is 3. The van der Waals surface area contributed by atoms with Crippen LogP contribution in [0.3, 0.4) is 0 Å². The molecule has 4 nitrogen and oxygen atoms in total. The van der Waals surface area contributed by atoms with Crippen molar-refractivity contribution in [1.29, 1.82) is 5.26 Å². The molecule has 0 radical (unpaired) electrons. The van der Waals surface area contributed by atoms with Crippen LogP contribution in [0.5, 0.6) is 5.75 Å². The summed E-state index contributed by atoms with van der Waals surface area (Å²) >= 11 is 0. The molecule has 0 bridgehead atoms. The van der Waals surface area contributed by atoms with Crippen molar-refractivity contribution in [1.82, 2.24) is 0 Å². The van der Waals surface area contributed by atoms with Gasteiger partial charge in [-0.3, -0.25) is 0 Å². The molecule has 0 aromatic heterocycles. The fourth-order valence-corrected chi connectivity index (χ4v) is 1.83. The van der Waals surface area contributed by atoms with E-state index in [0.717, 1.165) is 17.2 Å². The lowest BCUT2D eigenvalue weighted by atomic mass is 10.1. The third kappa shape index (κ3) is 3.95. The molecule has 2 rings (SSSR count). The highest BCUT2D eigenvalue weighted by Gasteiger charge is 2.04. The average Bonchev–Trinajstić information content (AvgIpc) is 2.51. The molecule has 1 N–H and O–H groups in total. The Morgan fingerprint density at radius 3 is 2.67 bits per heavy atom. The smallest absolute Gasteiger partial charge is 0.328 e. The second kappa shape index (κ2) is 6.92. The van der Waals surface area contributed by atoms with Crippen LogP contribution in [-0.4, -0.2) is 11.1 Å². The number of carboxylic acids is 1. The Labute approximate surface area is 122 Å². The lowest BCUT2D eigenvalue weighted by Crippen LogP contribution is -1.99. The summed E-state index contributed by atoms with van der Waals surface area (Å²) < 4.78 is 5.66. The number of carboxylic acid groups (broad SMARTS) is 1. The van der Waals surface area contributed by atoms with Gasteiger partial charge in [0, 0.05) is 6.08 Å². The minimum Gasteiger partial charge on any atom is -0.488 e. The van der Waals surface area contributed by atoms with Gasteiger partial charge < -0.3 is 9.84 Å². The molecule has 0 heterocycles. The van der Waals surface area contributed by atoms with Crippen LogP contribution in [-0.2, 0) is 11.4 Å². The van der Waals surface area contributed by atoms with Crippen LogP contribution in [0, 0.1) is 11.3 Å². The van der Waals surface area contributed by atoms with Crippen LogP contribution in [0.2, 0.25) is 0 Å². The highest BCUT2D eigenvalue weighted by Crippen LogP contribution is 2.19. The quantitative estimate of drug-likeness (QED) is 0.853. The van der Waals surface area contributed by atoms with Gasteiger partial charge >= 0.3 is 5.97 Å². The fourth-order valence-electron chi connectivity index (χ4n) is 1.83. The van der Waals surface area contributed by atoms with Crippen LogP contribution in [0.15, 0.2) is 54.6 Å². The van der Waals surface area contributed by atoms with Crippen molar-refractivity contribution >= 4 is 12.0 Å². The monoisotopic (exact) mass is 279 g/mol. The highest BCUT2D eigenvalue weighted by atomic mass is 16.5. The number of carbonyl (C=O) groups is 1. The average molecular weight is 279 g/mol. The largest absolute Gasteiger partial charge is 0.488 e. The third-order valence-corrected chi connectivity index (χ3v) is 2.85. The molecule has 0 saturated heterocycles. The first-order chi connectivity index (χ1) is 10.2. The van der Waals surface area contributed by atoms with Crippen LogP contribution < -0.4 is 4.74 Å². The van der Waals surface area contributed by atoms with Gasteiger partial charge in [-0.1, -0.05) is 36.4 Å². The van der Waals surface area contributed by atoms with E-state index in [0.29, 0.717) is 11.3 Å². The number of rotatable bonds is 5. The predicted octanol–water partition coefficient (Wildman–Crippen LogP) is 3.24. The molecule has 0 fully saturated rings. The van der Waals surface area contributed by atoms with E-state index >= 15 is 0 Å². The maximum atomic E-state index is 10.6. The van der Waals surface area contributed by atoms with Gasteiger partial charge in [0.15, 0.2) is 0 Å². The van der Waals surface area contributed by atoms with Crippen LogP contribution >= 0.6 is 0 Å². The number of nitrogens with zero attached hydrogens (tertiary/aromatic N) is 1. The van der Waals surface area contributed by atoms with Crippen LogP contribution in [0.1, 0.15) is 16.7 Å². The molecule has 0 aliphatic rings. The summed E-state index contributed by atoms with van der Waals surface area (Å²) in [6.45, 7) is 0.263. The van der Waals surface area contributed by atoms with E-state index in [1.165, 1.54) is 6.08 Å². The first kappa shape index (κ1) is 14.4. The summed E-state index contributed by atoms with van der Waals surface area (Å²) in [7, 11) is 0. The predicted molar refractivity (Wildman–Crippen MR) is 78.6 cm³/mol. The Bertz CT molecular complexity index is 714. The first-order valence-electron chi connectivity index (χ1n) is 6.31. The van der Waals surface area contributed by atoms with Crippen molar-refractivity contribution in [3.8, 4) is 11.8 Å². The SMILES string of the molecule is N#Cc1ccccc1OCc1ccccc1C=CC(=O)O. The molecule has 0 spiro atoms. The summed E-state index contributed by atoms with van der Waals surface area (Å²) in [5.74, 6) is -0.488. The maximum Gasteiger partial charge on any atom is 0.328 e. The molecular weight excluding hydrogens is 266 g/mol. The summed E-state index contributed by atoms with van der Waals surface area (Å²) in [6, 6.07) is 16.4. The Kier molecular flexibility index (Phi) is 4.73. The molecule has 2 aromatic rings. The zero-order valence-electron chi connectivity index (χ0n) is 11.2. The fraction of sp³-hybridized carbons (Fsp3) is 0.0588. The lowest BCUT2D eigenvalue weighted by molar-refractivity contribution is -0.131. The van der Waals surface area contributed by atoms with Crippen LogP contribution in [0.4, 0.5) is 0 Å². The third-order valence-electron chi connectivity index (χ3n) is 2.85. The molecule has 0 aliphatic carbocycles. The standard InChI is InChI=1S/C17H13NO3/c18-11-14-6-3-4-8-16(14)21-12-15-7-2-1-5-13(15)9-10-17(19)20/h1-10H,12H2,(H,19,20). The minimum absolute atomic E-state index is 0.263. The number of hydrogen-bond donors (Lipinski definition) is 1. The van der Waals surface area contributed by atoms with Crippen molar-refractivity contribution < 1.29 is 14.6 Å². The zero-order chi connectivity index (χ0) is 15.1. The number of ether oxygens (including phenoxy) is 1. The van der Waals surface area contributed by atoms with Gasteiger partial charge in [-0.2, -0.15) is 5.26 Å². The maximum absolute atomic E-state index is 10.6. The summed E-state index contributed by atoms with van der Waals surface area (Å²) in [6.07, 6.45) is 2.61. The molecule has 0 atom stereocenters. The van der Waals surface area contributed by atoms with Gasteiger partial charge in [0.2, 0.25) is 0 Å². The summed E-state index contributed by atoms with van der Waals surface area (Å²) in [5.41, 5.74) is 2.09. The van der Waals surface area contributed by atoms with E-state index in [1.807, 2.05) is 24.3 Å². The highest BCUT2D eigenvalue weighted by molar-refractivity contribution is 5.85. The van der Waals surface area contributed by atoms with Gasteiger partial charge in [0.25, 0.3) is 0 Å². The van der Waals surface area contributed by atoms with Crippen molar-refractivity contribution in [2.75, 3.05) is 0 Å². The topological polar surface area (TPSA) is 70.3 Å². The van der Waals surface area contributed by atoms with E-state index in [-0.39, 0.29) is 6.61 Å². The molecule has 0 aliphatic heterocycles. The summed E-state index contributed by atoms with van der Waals surface area (Å²) in [5, 5.41) is 17.7. The van der Waals surface area contributed by atoms with Gasteiger partial charge in [-0.25, -0.2) is 4.79 Å². The van der Waals surface area contributed by atoms with Gasteiger partial charge in [-0.05, 0) is 29.3 Å². The molecule has 4 heteroatoms. The molecule has 21 heavy (non-hydrogen) atoms. The number of nitriles is 1. The van der Waals surface area contributed by atoms with E-state index in [9.17, 15) is 4.79 Å². The van der Waals surface area contributed by atoms with E-state index < -0.39 is 5.97 Å². The molecule has 0 unspecified atom stereocenters. The van der Waals surface area contributed by atoms with E-state index in [2.05, 4.69) is 6.07 Å². The van der Waals surface area contributed by atoms with Crippen molar-refractivity contribution in [3.63, 3.8) is 0 Å². The number of benzene rings is 2. The number of aliphatic carboxylic acids is 1.